The van der Waals surface area contributed by atoms with E-state index in [4.69, 9.17) is 23.2 Å². The Morgan fingerprint density at radius 1 is 1.16 bits per heavy atom. The van der Waals surface area contributed by atoms with Gasteiger partial charge < -0.3 is 10.6 Å². The summed E-state index contributed by atoms with van der Waals surface area (Å²) >= 11 is 12.1. The van der Waals surface area contributed by atoms with Crippen LogP contribution in [0.15, 0.2) is 36.4 Å². The number of anilines is 1. The molecule has 0 saturated heterocycles. The molecule has 0 bridgehead atoms. The maximum Gasteiger partial charge on any atom is 0.253 e. The van der Waals surface area contributed by atoms with Gasteiger partial charge in [-0.05, 0) is 42.7 Å². The third kappa shape index (κ3) is 4.74. The summed E-state index contributed by atoms with van der Waals surface area (Å²) in [6, 6.07) is 10.6. The Morgan fingerprint density at radius 2 is 1.88 bits per heavy atom. The van der Waals surface area contributed by atoms with Crippen molar-refractivity contribution in [3.63, 3.8) is 0 Å². The lowest BCUT2D eigenvalue weighted by Crippen LogP contribution is -2.26. The van der Waals surface area contributed by atoms with Gasteiger partial charge in [-0.1, -0.05) is 48.3 Å². The molecule has 0 aliphatic rings. The number of carbonyl (C=O) groups excluding carboxylic acids is 2. The lowest BCUT2D eigenvalue weighted by Gasteiger charge is -2.16. The molecule has 2 aromatic rings. The van der Waals surface area contributed by atoms with E-state index >= 15 is 0 Å². The molecule has 1 unspecified atom stereocenters. The van der Waals surface area contributed by atoms with Crippen LogP contribution in [-0.4, -0.2) is 18.9 Å². The van der Waals surface area contributed by atoms with E-state index in [1.165, 1.54) is 0 Å². The van der Waals surface area contributed by atoms with Gasteiger partial charge in [0.25, 0.3) is 5.91 Å². The molecule has 2 rings (SSSR count). The molecule has 0 aliphatic heterocycles. The van der Waals surface area contributed by atoms with Crippen molar-refractivity contribution in [1.82, 2.24) is 5.32 Å². The molecule has 25 heavy (non-hydrogen) atoms. The maximum absolute atomic E-state index is 12.6. The smallest absolute Gasteiger partial charge is 0.253 e. The molecule has 6 heteroatoms. The first kappa shape index (κ1) is 19.3. The average Bonchev–Trinajstić information content (AvgIpc) is 2.56. The van der Waals surface area contributed by atoms with Crippen molar-refractivity contribution in [2.75, 3.05) is 12.4 Å². The van der Waals surface area contributed by atoms with Crippen molar-refractivity contribution >= 4 is 40.7 Å². The van der Waals surface area contributed by atoms with Gasteiger partial charge in [-0.3, -0.25) is 9.59 Å². The van der Waals surface area contributed by atoms with Gasteiger partial charge in [0.15, 0.2) is 0 Å². The van der Waals surface area contributed by atoms with Crippen LogP contribution in [0, 0.1) is 12.8 Å². The minimum absolute atomic E-state index is 0.179. The lowest BCUT2D eigenvalue weighted by atomic mass is 9.99. The Morgan fingerprint density at radius 3 is 2.52 bits per heavy atom. The van der Waals surface area contributed by atoms with E-state index in [0.717, 1.165) is 11.1 Å². The fourth-order valence-corrected chi connectivity index (χ4v) is 3.05. The molecule has 0 spiro atoms. The largest absolute Gasteiger partial charge is 0.355 e. The van der Waals surface area contributed by atoms with E-state index < -0.39 is 0 Å². The standard InChI is InChI=1S/C19H20Cl2N2O2/c1-11-5-4-6-16(17(11)19(25)22-3)23-18(24)12(2)9-13-7-8-14(20)10-15(13)21/h4-8,10,12H,9H2,1-3H3,(H,22,25)(H,23,24). The molecular formula is C19H20Cl2N2O2. The zero-order valence-corrected chi connectivity index (χ0v) is 15.8. The Hall–Kier alpha value is -2.04. The summed E-state index contributed by atoms with van der Waals surface area (Å²) < 4.78 is 0. The van der Waals surface area contributed by atoms with Crippen molar-refractivity contribution in [1.29, 1.82) is 0 Å². The summed E-state index contributed by atoms with van der Waals surface area (Å²) in [5.74, 6) is -0.736. The number of hydrogen-bond donors (Lipinski definition) is 2. The molecule has 0 saturated carbocycles. The van der Waals surface area contributed by atoms with E-state index in [1.54, 1.807) is 31.3 Å². The molecule has 4 nitrogen and oxygen atoms in total. The van der Waals surface area contributed by atoms with E-state index in [2.05, 4.69) is 10.6 Å². The third-order valence-corrected chi connectivity index (χ3v) is 4.56. The minimum Gasteiger partial charge on any atom is -0.355 e. The van der Waals surface area contributed by atoms with Gasteiger partial charge in [0.2, 0.25) is 5.91 Å². The van der Waals surface area contributed by atoms with Crippen LogP contribution in [0.5, 0.6) is 0 Å². The summed E-state index contributed by atoms with van der Waals surface area (Å²) in [5.41, 5.74) is 2.61. The molecule has 1 atom stereocenters. The van der Waals surface area contributed by atoms with Crippen LogP contribution in [-0.2, 0) is 11.2 Å². The molecular weight excluding hydrogens is 359 g/mol. The van der Waals surface area contributed by atoms with Crippen molar-refractivity contribution < 1.29 is 9.59 Å². The third-order valence-electron chi connectivity index (χ3n) is 3.97. The molecule has 132 valence electrons. The molecule has 0 fully saturated rings. The molecule has 2 aromatic carbocycles. The number of nitrogens with one attached hydrogen (secondary N) is 2. The predicted molar refractivity (Wildman–Crippen MR) is 103 cm³/mol. The lowest BCUT2D eigenvalue weighted by molar-refractivity contribution is -0.119. The van der Waals surface area contributed by atoms with Gasteiger partial charge in [-0.15, -0.1) is 0 Å². The van der Waals surface area contributed by atoms with Gasteiger partial charge in [0, 0.05) is 23.0 Å². The van der Waals surface area contributed by atoms with Crippen molar-refractivity contribution in [2.45, 2.75) is 20.3 Å². The number of halogens is 2. The topological polar surface area (TPSA) is 58.2 Å². The van der Waals surface area contributed by atoms with Crippen molar-refractivity contribution in [3.8, 4) is 0 Å². The number of aryl methyl sites for hydroxylation is 1. The molecule has 0 heterocycles. The zero-order chi connectivity index (χ0) is 18.6. The highest BCUT2D eigenvalue weighted by molar-refractivity contribution is 6.35. The highest BCUT2D eigenvalue weighted by atomic mass is 35.5. The second kappa shape index (κ2) is 8.37. The van der Waals surface area contributed by atoms with Crippen molar-refractivity contribution in [2.24, 2.45) is 5.92 Å². The molecule has 0 aliphatic carbocycles. The molecule has 2 amide bonds. The first-order valence-electron chi connectivity index (χ1n) is 7.90. The predicted octanol–water partition coefficient (Wildman–Crippen LogP) is 4.48. The number of rotatable bonds is 5. The molecule has 0 radical (unpaired) electrons. The highest BCUT2D eigenvalue weighted by Crippen LogP contribution is 2.25. The van der Waals surface area contributed by atoms with Crippen LogP contribution in [0.4, 0.5) is 5.69 Å². The summed E-state index contributed by atoms with van der Waals surface area (Å²) in [6.07, 6.45) is 0.475. The molecule has 2 N–H and O–H groups in total. The van der Waals surface area contributed by atoms with Crippen LogP contribution in [0.2, 0.25) is 10.0 Å². The Kier molecular flexibility index (Phi) is 6.45. The number of benzene rings is 2. The zero-order valence-electron chi connectivity index (χ0n) is 14.3. The highest BCUT2D eigenvalue weighted by Gasteiger charge is 2.19. The van der Waals surface area contributed by atoms with Gasteiger partial charge in [0.1, 0.15) is 0 Å². The quantitative estimate of drug-likeness (QED) is 0.805. The number of hydrogen-bond acceptors (Lipinski definition) is 2. The SMILES string of the molecule is CNC(=O)c1c(C)cccc1NC(=O)C(C)Cc1ccc(Cl)cc1Cl. The second-order valence-electron chi connectivity index (χ2n) is 5.91. The van der Waals surface area contributed by atoms with Gasteiger partial charge in [-0.2, -0.15) is 0 Å². The van der Waals surface area contributed by atoms with Gasteiger partial charge in [-0.25, -0.2) is 0 Å². The van der Waals surface area contributed by atoms with Crippen LogP contribution in [0.1, 0.15) is 28.4 Å². The van der Waals surface area contributed by atoms with E-state index in [0.29, 0.717) is 27.7 Å². The van der Waals surface area contributed by atoms with Crippen LogP contribution < -0.4 is 10.6 Å². The first-order valence-corrected chi connectivity index (χ1v) is 8.65. The van der Waals surface area contributed by atoms with E-state index in [1.807, 2.05) is 26.0 Å². The minimum atomic E-state index is -0.322. The Balaban J connectivity index is 2.16. The van der Waals surface area contributed by atoms with Crippen LogP contribution >= 0.6 is 23.2 Å². The summed E-state index contributed by atoms with van der Waals surface area (Å²) in [7, 11) is 1.56. The Labute approximate surface area is 157 Å². The first-order chi connectivity index (χ1) is 11.8. The van der Waals surface area contributed by atoms with Crippen LogP contribution in [0.25, 0.3) is 0 Å². The fraction of sp³-hybridized carbons (Fsp3) is 0.263. The number of amides is 2. The summed E-state index contributed by atoms with van der Waals surface area (Å²) in [6.45, 7) is 3.65. The van der Waals surface area contributed by atoms with Crippen molar-refractivity contribution in [3.05, 3.63) is 63.1 Å². The molecule has 0 aromatic heterocycles. The van der Waals surface area contributed by atoms with E-state index in [9.17, 15) is 9.59 Å². The normalized spacial score (nSPS) is 11.7. The van der Waals surface area contributed by atoms with Gasteiger partial charge >= 0.3 is 0 Å². The van der Waals surface area contributed by atoms with Gasteiger partial charge in [0.05, 0.1) is 11.3 Å². The van der Waals surface area contributed by atoms with Crippen LogP contribution in [0.3, 0.4) is 0 Å². The maximum atomic E-state index is 12.6. The Bertz CT molecular complexity index is 806. The summed E-state index contributed by atoms with van der Waals surface area (Å²) in [4.78, 5) is 24.6. The second-order valence-corrected chi connectivity index (χ2v) is 6.75. The average molecular weight is 379 g/mol. The number of carbonyl (C=O) groups is 2. The van der Waals surface area contributed by atoms with E-state index in [-0.39, 0.29) is 17.7 Å². The summed E-state index contributed by atoms with van der Waals surface area (Å²) in [5, 5.41) is 6.54. The fourth-order valence-electron chi connectivity index (χ4n) is 2.56. The monoisotopic (exact) mass is 378 g/mol.